The van der Waals surface area contributed by atoms with Crippen LogP contribution in [-0.2, 0) is 6.54 Å². The zero-order valence-electron chi connectivity index (χ0n) is 11.2. The van der Waals surface area contributed by atoms with Gasteiger partial charge in [0.2, 0.25) is 0 Å². The summed E-state index contributed by atoms with van der Waals surface area (Å²) in [5, 5.41) is 8.55. The molecule has 0 radical (unpaired) electrons. The number of pyridine rings is 1. The number of halogens is 1. The maximum absolute atomic E-state index is 6.05. The number of nitrogens with zero attached hydrogens (tertiary/aromatic N) is 3. The molecule has 2 aromatic heterocycles. The number of hydrogen-bond acceptors (Lipinski definition) is 3. The van der Waals surface area contributed by atoms with Crippen molar-refractivity contribution in [3.8, 4) is 5.82 Å². The maximum atomic E-state index is 6.05. The Hall–Kier alpha value is -1.39. The smallest absolute Gasteiger partial charge is 0.153 e. The van der Waals surface area contributed by atoms with E-state index in [9.17, 15) is 0 Å². The molecular weight excluding hydrogens is 260 g/mol. The molecule has 19 heavy (non-hydrogen) atoms. The summed E-state index contributed by atoms with van der Waals surface area (Å²) in [4.78, 5) is 4.52. The average Bonchev–Trinajstić information content (AvgIpc) is 3.13. The van der Waals surface area contributed by atoms with Crippen molar-refractivity contribution in [1.82, 2.24) is 20.1 Å². The van der Waals surface area contributed by atoms with Gasteiger partial charge in [-0.15, -0.1) is 0 Å². The van der Waals surface area contributed by atoms with Gasteiger partial charge in [-0.3, -0.25) is 0 Å². The Morgan fingerprint density at radius 1 is 1.37 bits per heavy atom. The highest BCUT2D eigenvalue weighted by Crippen LogP contribution is 2.20. The summed E-state index contributed by atoms with van der Waals surface area (Å²) >= 11 is 6.05. The predicted molar refractivity (Wildman–Crippen MR) is 75.7 cm³/mol. The SMILES string of the molecule is Cc1cc(CNC2CC2)cc(-n2cc(Cl)c(C)n2)n1. The van der Waals surface area contributed by atoms with Gasteiger partial charge >= 0.3 is 0 Å². The fraction of sp³-hybridized carbons (Fsp3) is 0.429. The minimum atomic E-state index is 0.668. The van der Waals surface area contributed by atoms with Crippen molar-refractivity contribution in [2.45, 2.75) is 39.3 Å². The summed E-state index contributed by atoms with van der Waals surface area (Å²) < 4.78 is 1.74. The van der Waals surface area contributed by atoms with Crippen LogP contribution in [0.4, 0.5) is 0 Å². The quantitative estimate of drug-likeness (QED) is 0.934. The normalized spacial score (nSPS) is 14.9. The summed E-state index contributed by atoms with van der Waals surface area (Å²) in [6, 6.07) is 4.88. The molecule has 0 bridgehead atoms. The lowest BCUT2D eigenvalue weighted by Gasteiger charge is -2.07. The Bertz CT molecular complexity index is 582. The molecule has 1 fully saturated rings. The Morgan fingerprint density at radius 2 is 2.16 bits per heavy atom. The lowest BCUT2D eigenvalue weighted by atomic mass is 10.2. The monoisotopic (exact) mass is 276 g/mol. The van der Waals surface area contributed by atoms with E-state index < -0.39 is 0 Å². The summed E-state index contributed by atoms with van der Waals surface area (Å²) in [6.07, 6.45) is 4.40. The van der Waals surface area contributed by atoms with Crippen LogP contribution >= 0.6 is 11.6 Å². The van der Waals surface area contributed by atoms with E-state index in [-0.39, 0.29) is 0 Å². The third-order valence-electron chi connectivity index (χ3n) is 3.25. The minimum absolute atomic E-state index is 0.668. The van der Waals surface area contributed by atoms with E-state index in [1.54, 1.807) is 10.9 Å². The molecule has 5 heteroatoms. The Balaban J connectivity index is 1.87. The van der Waals surface area contributed by atoms with Crippen molar-refractivity contribution in [1.29, 1.82) is 0 Å². The van der Waals surface area contributed by atoms with E-state index >= 15 is 0 Å². The molecule has 1 aliphatic carbocycles. The van der Waals surface area contributed by atoms with Crippen molar-refractivity contribution in [3.63, 3.8) is 0 Å². The molecule has 1 saturated carbocycles. The topological polar surface area (TPSA) is 42.7 Å². The Kier molecular flexibility index (Phi) is 3.29. The van der Waals surface area contributed by atoms with Gasteiger partial charge in [-0.25, -0.2) is 9.67 Å². The molecule has 0 atom stereocenters. The van der Waals surface area contributed by atoms with Crippen LogP contribution < -0.4 is 5.32 Å². The lowest BCUT2D eigenvalue weighted by molar-refractivity contribution is 0.684. The molecule has 4 nitrogen and oxygen atoms in total. The molecule has 1 aliphatic rings. The zero-order chi connectivity index (χ0) is 13.4. The third-order valence-corrected chi connectivity index (χ3v) is 3.62. The fourth-order valence-electron chi connectivity index (χ4n) is 2.05. The number of aromatic nitrogens is 3. The standard InChI is InChI=1S/C14H17ClN4/c1-9-5-11(7-16-12-3-4-12)6-14(17-9)19-8-13(15)10(2)18-19/h5-6,8,12,16H,3-4,7H2,1-2H3. The predicted octanol–water partition coefficient (Wildman–Crippen LogP) is 2.79. The van der Waals surface area contributed by atoms with Gasteiger partial charge in [0.05, 0.1) is 16.9 Å². The molecular formula is C14H17ClN4. The highest BCUT2D eigenvalue weighted by Gasteiger charge is 2.20. The fourth-order valence-corrected chi connectivity index (χ4v) is 2.18. The first-order valence-corrected chi connectivity index (χ1v) is 6.93. The second kappa shape index (κ2) is 4.94. The number of nitrogens with one attached hydrogen (secondary N) is 1. The first kappa shape index (κ1) is 12.6. The van der Waals surface area contributed by atoms with Gasteiger partial charge < -0.3 is 5.32 Å². The molecule has 0 aromatic carbocycles. The van der Waals surface area contributed by atoms with Crippen LogP contribution in [0.5, 0.6) is 0 Å². The van der Waals surface area contributed by atoms with Crippen molar-refractivity contribution >= 4 is 11.6 Å². The maximum Gasteiger partial charge on any atom is 0.153 e. The van der Waals surface area contributed by atoms with E-state index in [4.69, 9.17) is 11.6 Å². The van der Waals surface area contributed by atoms with Gasteiger partial charge in [0.15, 0.2) is 5.82 Å². The molecule has 2 aromatic rings. The van der Waals surface area contributed by atoms with Crippen molar-refractivity contribution in [2.24, 2.45) is 0 Å². The molecule has 0 aliphatic heterocycles. The van der Waals surface area contributed by atoms with Crippen LogP contribution in [0.2, 0.25) is 5.02 Å². The van der Waals surface area contributed by atoms with E-state index in [1.165, 1.54) is 18.4 Å². The number of rotatable bonds is 4. The van der Waals surface area contributed by atoms with E-state index in [0.29, 0.717) is 11.1 Å². The first-order valence-electron chi connectivity index (χ1n) is 6.55. The Labute approximate surface area is 117 Å². The minimum Gasteiger partial charge on any atom is -0.310 e. The van der Waals surface area contributed by atoms with Crippen LogP contribution in [0.1, 0.15) is 29.8 Å². The van der Waals surface area contributed by atoms with E-state index in [1.807, 2.05) is 13.8 Å². The van der Waals surface area contributed by atoms with E-state index in [0.717, 1.165) is 23.8 Å². The summed E-state index contributed by atoms with van der Waals surface area (Å²) in [7, 11) is 0. The highest BCUT2D eigenvalue weighted by atomic mass is 35.5. The van der Waals surface area contributed by atoms with Crippen LogP contribution in [0.25, 0.3) is 5.82 Å². The first-order chi connectivity index (χ1) is 9.11. The average molecular weight is 277 g/mol. The van der Waals surface area contributed by atoms with Gasteiger partial charge in [0.1, 0.15) is 0 Å². The van der Waals surface area contributed by atoms with Crippen molar-refractivity contribution in [3.05, 3.63) is 40.3 Å². The van der Waals surface area contributed by atoms with Crippen LogP contribution in [0, 0.1) is 13.8 Å². The van der Waals surface area contributed by atoms with Crippen molar-refractivity contribution < 1.29 is 0 Å². The molecule has 1 N–H and O–H groups in total. The molecule has 2 heterocycles. The summed E-state index contributed by atoms with van der Waals surface area (Å²) in [6.45, 7) is 4.78. The summed E-state index contributed by atoms with van der Waals surface area (Å²) in [5.41, 5.74) is 3.05. The van der Waals surface area contributed by atoms with Crippen LogP contribution in [-0.4, -0.2) is 20.8 Å². The van der Waals surface area contributed by atoms with Gasteiger partial charge in [0.25, 0.3) is 0 Å². The third kappa shape index (κ3) is 2.96. The van der Waals surface area contributed by atoms with Gasteiger partial charge in [-0.05, 0) is 44.4 Å². The van der Waals surface area contributed by atoms with Crippen molar-refractivity contribution in [2.75, 3.05) is 0 Å². The number of hydrogen-bond donors (Lipinski definition) is 1. The molecule has 100 valence electrons. The molecule has 0 amide bonds. The van der Waals surface area contributed by atoms with Gasteiger partial charge in [-0.1, -0.05) is 11.6 Å². The number of aryl methyl sites for hydroxylation is 2. The second-order valence-electron chi connectivity index (χ2n) is 5.14. The van der Waals surface area contributed by atoms with E-state index in [2.05, 4.69) is 27.5 Å². The van der Waals surface area contributed by atoms with Crippen LogP contribution in [0.15, 0.2) is 18.3 Å². The summed E-state index contributed by atoms with van der Waals surface area (Å²) in [5.74, 6) is 0.822. The molecule has 0 unspecified atom stereocenters. The van der Waals surface area contributed by atoms with Gasteiger partial charge in [-0.2, -0.15) is 5.10 Å². The Morgan fingerprint density at radius 3 is 2.79 bits per heavy atom. The second-order valence-corrected chi connectivity index (χ2v) is 5.54. The molecule has 3 rings (SSSR count). The zero-order valence-corrected chi connectivity index (χ0v) is 11.9. The largest absolute Gasteiger partial charge is 0.310 e. The van der Waals surface area contributed by atoms with Crippen LogP contribution in [0.3, 0.4) is 0 Å². The molecule has 0 spiro atoms. The molecule has 0 saturated heterocycles. The lowest BCUT2D eigenvalue weighted by Crippen LogP contribution is -2.16. The highest BCUT2D eigenvalue weighted by molar-refractivity contribution is 6.31. The van der Waals surface area contributed by atoms with Gasteiger partial charge in [0, 0.05) is 18.3 Å².